The van der Waals surface area contributed by atoms with E-state index in [0.29, 0.717) is 65.1 Å². The van der Waals surface area contributed by atoms with Gasteiger partial charge in [0.1, 0.15) is 30.0 Å². The van der Waals surface area contributed by atoms with Crippen molar-refractivity contribution in [2.45, 2.75) is 95.1 Å². The molecule has 5 aliphatic heterocycles. The van der Waals surface area contributed by atoms with Gasteiger partial charge in [-0.25, -0.2) is 9.59 Å². The Labute approximate surface area is 336 Å². The maximum atomic E-state index is 13.9. The van der Waals surface area contributed by atoms with E-state index in [2.05, 4.69) is 27.3 Å². The van der Waals surface area contributed by atoms with Gasteiger partial charge in [-0.2, -0.15) is 5.26 Å². The van der Waals surface area contributed by atoms with E-state index in [4.69, 9.17) is 42.6 Å². The monoisotopic (exact) mass is 810 g/mol. The molecule has 2 aromatic carbocycles. The van der Waals surface area contributed by atoms with Crippen LogP contribution in [0.3, 0.4) is 0 Å². The minimum atomic E-state index is -1.10. The molecule has 7 rings (SSSR count). The molecular formula is C40H50N4O12S. The fraction of sp³-hybridized carbons (Fsp3) is 0.600. The molecule has 4 bridgehead atoms. The van der Waals surface area contributed by atoms with Crippen LogP contribution in [0, 0.1) is 25.2 Å². The van der Waals surface area contributed by atoms with Crippen molar-refractivity contribution in [2.24, 2.45) is 0 Å². The number of rotatable bonds is 9. The number of esters is 2. The molecule has 2 unspecified atom stereocenters. The van der Waals surface area contributed by atoms with Gasteiger partial charge >= 0.3 is 18.0 Å². The Balaban J connectivity index is 1.46. The summed E-state index contributed by atoms with van der Waals surface area (Å²) in [6, 6.07) is 0.905. The van der Waals surface area contributed by atoms with Gasteiger partial charge in [0.05, 0.1) is 43.7 Å². The number of methoxy groups -OCH3 is 2. The highest BCUT2D eigenvalue weighted by Gasteiger charge is 2.61. The number of piperazine rings is 1. The SMILES string of the molecule is COCCOCOc1c(OC)c(C)cc2c1[C@@H]1C3[C@@H]4SCC(NC(=O)OC(C)(C)C)C(=O)OC[C@@H](c5c6c(c(C)c(OC(C)=O)c54)OCO6)N3[C@@H](C#N)[C@H](C2)N1C. The molecule has 7 atom stereocenters. The van der Waals surface area contributed by atoms with E-state index in [1.807, 2.05) is 20.9 Å². The lowest BCUT2D eigenvalue weighted by molar-refractivity contribution is -0.151. The van der Waals surface area contributed by atoms with Crippen LogP contribution in [0.15, 0.2) is 6.07 Å². The second kappa shape index (κ2) is 16.1. The number of nitrogens with zero attached hydrogens (tertiary/aromatic N) is 3. The third-order valence-corrected chi connectivity index (χ3v) is 12.4. The number of amides is 1. The van der Waals surface area contributed by atoms with Crippen molar-refractivity contribution in [3.8, 4) is 34.8 Å². The number of thioether (sulfide) groups is 1. The first kappa shape index (κ1) is 40.7. The highest BCUT2D eigenvalue weighted by Crippen LogP contribution is 2.64. The molecule has 0 saturated carbocycles. The number of carbonyl (C=O) groups is 3. The van der Waals surface area contributed by atoms with Gasteiger partial charge in [0.25, 0.3) is 0 Å². The van der Waals surface area contributed by atoms with E-state index in [1.165, 1.54) is 18.7 Å². The molecule has 1 N–H and O–H groups in total. The maximum absolute atomic E-state index is 13.9. The van der Waals surface area contributed by atoms with Crippen LogP contribution in [-0.4, -0.2) is 118 Å². The Morgan fingerprint density at radius 3 is 2.49 bits per heavy atom. The third-order valence-electron chi connectivity index (χ3n) is 11.0. The van der Waals surface area contributed by atoms with Crippen LogP contribution in [0.25, 0.3) is 0 Å². The van der Waals surface area contributed by atoms with Gasteiger partial charge in [0.2, 0.25) is 6.79 Å². The smallest absolute Gasteiger partial charge is 0.408 e. The Morgan fingerprint density at radius 1 is 1.05 bits per heavy atom. The second-order valence-electron chi connectivity index (χ2n) is 15.7. The van der Waals surface area contributed by atoms with Crippen LogP contribution in [0.4, 0.5) is 4.79 Å². The van der Waals surface area contributed by atoms with Crippen molar-refractivity contribution in [3.63, 3.8) is 0 Å². The lowest BCUT2D eigenvalue weighted by atomic mass is 9.71. The number of nitrogens with one attached hydrogen (secondary N) is 1. The molecule has 16 nitrogen and oxygen atoms in total. The van der Waals surface area contributed by atoms with Gasteiger partial charge in [0.15, 0.2) is 29.8 Å². The maximum Gasteiger partial charge on any atom is 0.408 e. The van der Waals surface area contributed by atoms with Crippen molar-refractivity contribution in [2.75, 3.05) is 60.4 Å². The van der Waals surface area contributed by atoms with Gasteiger partial charge < -0.3 is 47.9 Å². The zero-order valence-corrected chi connectivity index (χ0v) is 34.5. The quantitative estimate of drug-likeness (QED) is 0.163. The third kappa shape index (κ3) is 7.31. The van der Waals surface area contributed by atoms with Crippen LogP contribution < -0.4 is 29.0 Å². The number of fused-ring (bicyclic) bond motifs is 9. The van der Waals surface area contributed by atoms with Crippen molar-refractivity contribution >= 4 is 29.8 Å². The normalized spacial score (nSPS) is 26.2. The lowest BCUT2D eigenvalue weighted by Crippen LogP contribution is -2.69. The van der Waals surface area contributed by atoms with E-state index >= 15 is 0 Å². The zero-order valence-electron chi connectivity index (χ0n) is 33.7. The Kier molecular flexibility index (Phi) is 11.5. The van der Waals surface area contributed by atoms with Gasteiger partial charge in [0, 0.05) is 54.1 Å². The summed E-state index contributed by atoms with van der Waals surface area (Å²) in [6.45, 7) is 10.7. The molecule has 308 valence electrons. The number of alkyl carbamates (subject to hydrolysis) is 1. The topological polar surface area (TPSA) is 177 Å². The first-order chi connectivity index (χ1) is 27.2. The van der Waals surface area contributed by atoms with Gasteiger partial charge in [-0.1, -0.05) is 6.07 Å². The molecule has 5 aliphatic rings. The molecule has 0 aromatic heterocycles. The number of nitriles is 1. The van der Waals surface area contributed by atoms with Crippen molar-refractivity contribution in [3.05, 3.63) is 39.4 Å². The average Bonchev–Trinajstić information content (AvgIpc) is 3.63. The van der Waals surface area contributed by atoms with Gasteiger partial charge in [-0.3, -0.25) is 14.6 Å². The molecule has 0 radical (unpaired) electrons. The largest absolute Gasteiger partial charge is 0.493 e. The number of likely N-dealkylation sites (N-methyl/N-ethyl adjacent to an activating group) is 1. The van der Waals surface area contributed by atoms with E-state index in [1.54, 1.807) is 35.0 Å². The number of aryl methyl sites for hydroxylation is 1. The zero-order chi connectivity index (χ0) is 40.9. The Bertz CT molecular complexity index is 1980. The van der Waals surface area contributed by atoms with Crippen molar-refractivity contribution in [1.29, 1.82) is 5.26 Å². The summed E-state index contributed by atoms with van der Waals surface area (Å²) >= 11 is 1.39. The second-order valence-corrected chi connectivity index (χ2v) is 16.9. The minimum absolute atomic E-state index is 0.0437. The molecule has 5 heterocycles. The van der Waals surface area contributed by atoms with E-state index in [0.717, 1.165) is 16.7 Å². The van der Waals surface area contributed by atoms with Crippen LogP contribution >= 0.6 is 11.8 Å². The molecule has 0 spiro atoms. The number of cyclic esters (lactones) is 1. The van der Waals surface area contributed by atoms with E-state index in [-0.39, 0.29) is 32.0 Å². The highest BCUT2D eigenvalue weighted by atomic mass is 32.2. The molecule has 2 aromatic rings. The summed E-state index contributed by atoms with van der Waals surface area (Å²) in [5.74, 6) is 1.11. The van der Waals surface area contributed by atoms with Crippen LogP contribution in [0.1, 0.15) is 78.4 Å². The van der Waals surface area contributed by atoms with Gasteiger partial charge in [-0.15, -0.1) is 11.8 Å². The number of hydrogen-bond donors (Lipinski definition) is 1. The summed E-state index contributed by atoms with van der Waals surface area (Å²) in [4.78, 5) is 44.3. The number of carbonyl (C=O) groups excluding carboxylic acids is 3. The first-order valence-electron chi connectivity index (χ1n) is 18.9. The van der Waals surface area contributed by atoms with Gasteiger partial charge in [-0.05, 0) is 59.2 Å². The molecule has 57 heavy (non-hydrogen) atoms. The number of ether oxygens (including phenoxy) is 9. The highest BCUT2D eigenvalue weighted by molar-refractivity contribution is 7.99. The fourth-order valence-corrected chi connectivity index (χ4v) is 10.4. The molecule has 17 heteroatoms. The summed E-state index contributed by atoms with van der Waals surface area (Å²) in [5, 5.41) is 13.3. The molecule has 2 fully saturated rings. The lowest BCUT2D eigenvalue weighted by Gasteiger charge is -2.61. The van der Waals surface area contributed by atoms with Crippen LogP contribution in [-0.2, 0) is 35.0 Å². The predicted octanol–water partition coefficient (Wildman–Crippen LogP) is 4.42. The summed E-state index contributed by atoms with van der Waals surface area (Å²) < 4.78 is 53.4. The Hall–Kier alpha value is -4.47. The predicted molar refractivity (Wildman–Crippen MR) is 205 cm³/mol. The average molecular weight is 811 g/mol. The molecule has 0 aliphatic carbocycles. The molecule has 2 saturated heterocycles. The standard InChI is InChI=1S/C40H50N4O12S/c1-19-12-22-13-24-25(14-41)44-26-15-51-38(46)23(42-39(47)56-40(4,5)6)16-57-37(29-28(26)36-34(53-18-54-36)20(2)33(29)55-21(3)45)31(44)30(43(24)7)27(22)35(32(19)49-9)52-17-50-11-10-48-8/h12,23-26,30-31,37H,10-11,13,15-18H2,1-9H3,(H,42,47)/t23?,24-,25-,26-,30+,31?,37+/m0/s1. The Morgan fingerprint density at radius 2 is 1.81 bits per heavy atom. The van der Waals surface area contributed by atoms with E-state index in [9.17, 15) is 19.6 Å². The first-order valence-corrected chi connectivity index (χ1v) is 20.0. The summed E-state index contributed by atoms with van der Waals surface area (Å²) in [5.41, 5.74) is 3.79. The summed E-state index contributed by atoms with van der Waals surface area (Å²) in [7, 11) is 5.21. The number of benzene rings is 2. The van der Waals surface area contributed by atoms with Crippen molar-refractivity contribution < 1.29 is 57.0 Å². The fourth-order valence-electron chi connectivity index (χ4n) is 8.94. The molecule has 1 amide bonds. The van der Waals surface area contributed by atoms with Crippen molar-refractivity contribution in [1.82, 2.24) is 15.1 Å². The van der Waals surface area contributed by atoms with Crippen LogP contribution in [0.5, 0.6) is 28.7 Å². The minimum Gasteiger partial charge on any atom is -0.493 e. The molecular weight excluding hydrogens is 761 g/mol. The van der Waals surface area contributed by atoms with E-state index < -0.39 is 59.1 Å². The summed E-state index contributed by atoms with van der Waals surface area (Å²) in [6.07, 6.45) is -0.254. The number of hydrogen-bond acceptors (Lipinski definition) is 16. The van der Waals surface area contributed by atoms with Crippen LogP contribution in [0.2, 0.25) is 0 Å².